The van der Waals surface area contributed by atoms with Crippen LogP contribution >= 0.6 is 0 Å². The van der Waals surface area contributed by atoms with Crippen molar-refractivity contribution in [2.24, 2.45) is 5.73 Å². The van der Waals surface area contributed by atoms with Gasteiger partial charge in [-0.25, -0.2) is 0 Å². The third kappa shape index (κ3) is 2.14. The van der Waals surface area contributed by atoms with E-state index in [2.05, 4.69) is 25.1 Å². The highest BCUT2D eigenvalue weighted by molar-refractivity contribution is 5.43. The minimum Gasteiger partial charge on any atom is -0.490 e. The van der Waals surface area contributed by atoms with Crippen LogP contribution in [0.4, 0.5) is 0 Å². The van der Waals surface area contributed by atoms with Gasteiger partial charge >= 0.3 is 0 Å². The Balaban J connectivity index is 1.98. The fourth-order valence-corrected chi connectivity index (χ4v) is 3.16. The highest BCUT2D eigenvalue weighted by Gasteiger charge is 2.37. The molecule has 0 heterocycles. The van der Waals surface area contributed by atoms with Gasteiger partial charge in [-0.1, -0.05) is 30.5 Å². The second kappa shape index (κ2) is 4.58. The summed E-state index contributed by atoms with van der Waals surface area (Å²) in [7, 11) is 0. The molecule has 0 amide bonds. The molecule has 0 bridgehead atoms. The van der Waals surface area contributed by atoms with Crippen LogP contribution in [-0.4, -0.2) is 12.6 Å². The lowest BCUT2D eigenvalue weighted by atomic mass is 9.78. The van der Waals surface area contributed by atoms with E-state index in [1.165, 1.54) is 49.7 Å². The fraction of sp³-hybridized carbons (Fsp3) is 0.625. The summed E-state index contributed by atoms with van der Waals surface area (Å²) in [5.41, 5.74) is 8.97. The molecule has 0 spiro atoms. The summed E-state index contributed by atoms with van der Waals surface area (Å²) in [6.07, 6.45) is 7.92. The van der Waals surface area contributed by atoms with Gasteiger partial charge < -0.3 is 10.5 Å². The van der Waals surface area contributed by atoms with Gasteiger partial charge in [0.15, 0.2) is 0 Å². The molecule has 1 aromatic carbocycles. The first-order valence-corrected chi connectivity index (χ1v) is 7.21. The minimum atomic E-state index is 0.177. The van der Waals surface area contributed by atoms with Crippen molar-refractivity contribution in [3.8, 4) is 5.75 Å². The van der Waals surface area contributed by atoms with Crippen LogP contribution in [-0.2, 0) is 5.41 Å². The van der Waals surface area contributed by atoms with Gasteiger partial charge in [0, 0.05) is 17.5 Å². The Morgan fingerprint density at radius 1 is 1.28 bits per heavy atom. The van der Waals surface area contributed by atoms with E-state index in [1.807, 2.05) is 0 Å². The van der Waals surface area contributed by atoms with E-state index in [0.29, 0.717) is 6.10 Å². The summed E-state index contributed by atoms with van der Waals surface area (Å²) >= 11 is 0. The van der Waals surface area contributed by atoms with Crippen molar-refractivity contribution in [3.05, 3.63) is 29.3 Å². The van der Waals surface area contributed by atoms with E-state index >= 15 is 0 Å². The molecule has 2 fully saturated rings. The van der Waals surface area contributed by atoms with Crippen molar-refractivity contribution in [3.63, 3.8) is 0 Å². The minimum absolute atomic E-state index is 0.177. The summed E-state index contributed by atoms with van der Waals surface area (Å²) < 4.78 is 6.10. The largest absolute Gasteiger partial charge is 0.490 e. The Hall–Kier alpha value is -1.02. The van der Waals surface area contributed by atoms with Crippen LogP contribution in [0.5, 0.6) is 5.75 Å². The van der Waals surface area contributed by atoms with Crippen molar-refractivity contribution in [1.82, 2.24) is 0 Å². The maximum absolute atomic E-state index is 6.11. The van der Waals surface area contributed by atoms with Crippen LogP contribution in [0.15, 0.2) is 18.2 Å². The predicted molar refractivity (Wildman–Crippen MR) is 74.0 cm³/mol. The van der Waals surface area contributed by atoms with E-state index < -0.39 is 0 Å². The molecule has 1 aromatic rings. The normalized spacial score (nSPS) is 22.1. The Morgan fingerprint density at radius 3 is 2.61 bits per heavy atom. The van der Waals surface area contributed by atoms with Gasteiger partial charge in [0.05, 0.1) is 6.10 Å². The van der Waals surface area contributed by atoms with E-state index in [9.17, 15) is 0 Å². The zero-order chi connectivity index (χ0) is 12.6. The molecule has 2 saturated carbocycles. The SMILES string of the molecule is Cc1ccc(OC2CC2)c(C2(CN)CCCC2)c1. The van der Waals surface area contributed by atoms with Crippen LogP contribution in [0.1, 0.15) is 49.7 Å². The maximum atomic E-state index is 6.11. The molecular weight excluding hydrogens is 222 g/mol. The lowest BCUT2D eigenvalue weighted by molar-refractivity contribution is 0.289. The van der Waals surface area contributed by atoms with Crippen molar-refractivity contribution >= 4 is 0 Å². The smallest absolute Gasteiger partial charge is 0.123 e. The fourth-order valence-electron chi connectivity index (χ4n) is 3.16. The number of rotatable bonds is 4. The van der Waals surface area contributed by atoms with Crippen molar-refractivity contribution in [2.75, 3.05) is 6.54 Å². The maximum Gasteiger partial charge on any atom is 0.123 e. The Morgan fingerprint density at radius 2 is 2.00 bits per heavy atom. The predicted octanol–water partition coefficient (Wildman–Crippen LogP) is 3.31. The molecule has 2 aliphatic rings. The van der Waals surface area contributed by atoms with Crippen LogP contribution in [0.25, 0.3) is 0 Å². The molecule has 2 heteroatoms. The molecule has 0 radical (unpaired) electrons. The first-order chi connectivity index (χ1) is 8.73. The molecule has 2 N–H and O–H groups in total. The molecule has 2 aliphatic carbocycles. The van der Waals surface area contributed by atoms with Crippen LogP contribution in [0, 0.1) is 6.92 Å². The average Bonchev–Trinajstić information content (AvgIpc) is 3.06. The summed E-state index contributed by atoms with van der Waals surface area (Å²) in [5.74, 6) is 1.09. The standard InChI is InChI=1S/C16H23NO/c1-12-4-7-15(18-13-5-6-13)14(10-12)16(11-17)8-2-3-9-16/h4,7,10,13H,2-3,5-6,8-9,11,17H2,1H3. The second-order valence-electron chi connectivity index (χ2n) is 6.01. The molecule has 98 valence electrons. The second-order valence-corrected chi connectivity index (χ2v) is 6.01. The number of hydrogen-bond donors (Lipinski definition) is 1. The summed E-state index contributed by atoms with van der Waals surface area (Å²) in [6.45, 7) is 2.90. The third-order valence-electron chi connectivity index (χ3n) is 4.48. The summed E-state index contributed by atoms with van der Waals surface area (Å²) in [4.78, 5) is 0. The van der Waals surface area contributed by atoms with Gasteiger partial charge in [-0.3, -0.25) is 0 Å². The quantitative estimate of drug-likeness (QED) is 0.883. The summed E-state index contributed by atoms with van der Waals surface area (Å²) in [5, 5.41) is 0. The van der Waals surface area contributed by atoms with E-state index in [-0.39, 0.29) is 5.41 Å². The molecule has 0 aromatic heterocycles. The Labute approximate surface area is 110 Å². The van der Waals surface area contributed by atoms with E-state index in [4.69, 9.17) is 10.5 Å². The monoisotopic (exact) mass is 245 g/mol. The lowest BCUT2D eigenvalue weighted by Gasteiger charge is -2.30. The first kappa shape index (κ1) is 12.0. The van der Waals surface area contributed by atoms with Gasteiger partial charge in [0.1, 0.15) is 5.75 Å². The van der Waals surface area contributed by atoms with Gasteiger partial charge in [0.2, 0.25) is 0 Å². The first-order valence-electron chi connectivity index (χ1n) is 7.21. The lowest BCUT2D eigenvalue weighted by Crippen LogP contribution is -2.32. The van der Waals surface area contributed by atoms with Crippen molar-refractivity contribution in [1.29, 1.82) is 0 Å². The molecule has 0 aliphatic heterocycles. The third-order valence-corrected chi connectivity index (χ3v) is 4.48. The highest BCUT2D eigenvalue weighted by atomic mass is 16.5. The highest BCUT2D eigenvalue weighted by Crippen LogP contribution is 2.45. The summed E-state index contributed by atoms with van der Waals surface area (Å²) in [6, 6.07) is 6.61. The Bertz CT molecular complexity index is 431. The van der Waals surface area contributed by atoms with Crippen LogP contribution < -0.4 is 10.5 Å². The van der Waals surface area contributed by atoms with E-state index in [1.54, 1.807) is 0 Å². The number of nitrogens with two attached hydrogens (primary N) is 1. The molecular formula is C16H23NO. The average molecular weight is 245 g/mol. The van der Waals surface area contributed by atoms with Gasteiger partial charge in [0.25, 0.3) is 0 Å². The van der Waals surface area contributed by atoms with E-state index in [0.717, 1.165) is 12.3 Å². The molecule has 2 nitrogen and oxygen atoms in total. The molecule has 0 saturated heterocycles. The molecule has 3 rings (SSSR count). The topological polar surface area (TPSA) is 35.2 Å². The van der Waals surface area contributed by atoms with Gasteiger partial charge in [-0.2, -0.15) is 0 Å². The number of hydrogen-bond acceptors (Lipinski definition) is 2. The van der Waals surface area contributed by atoms with Crippen LogP contribution in [0.3, 0.4) is 0 Å². The molecule has 0 atom stereocenters. The molecule has 18 heavy (non-hydrogen) atoms. The number of ether oxygens (including phenoxy) is 1. The van der Waals surface area contributed by atoms with Crippen molar-refractivity contribution < 1.29 is 4.74 Å². The zero-order valence-electron chi connectivity index (χ0n) is 11.2. The molecule has 0 unspecified atom stereocenters. The number of benzene rings is 1. The van der Waals surface area contributed by atoms with Crippen molar-refractivity contribution in [2.45, 2.75) is 57.0 Å². The van der Waals surface area contributed by atoms with Crippen LogP contribution in [0.2, 0.25) is 0 Å². The Kier molecular flexibility index (Phi) is 3.06. The van der Waals surface area contributed by atoms with Gasteiger partial charge in [-0.05, 0) is 38.7 Å². The van der Waals surface area contributed by atoms with Gasteiger partial charge in [-0.15, -0.1) is 0 Å². The number of aryl methyl sites for hydroxylation is 1. The zero-order valence-corrected chi connectivity index (χ0v) is 11.2.